The molecule has 1 aromatic carbocycles. The summed E-state index contributed by atoms with van der Waals surface area (Å²) < 4.78 is 10.7. The van der Waals surface area contributed by atoms with Gasteiger partial charge in [-0.15, -0.1) is 31.4 Å². The van der Waals surface area contributed by atoms with E-state index in [-0.39, 0.29) is 43.1 Å². The fraction of sp³-hybridized carbons (Fsp3) is 0.417. The first kappa shape index (κ1) is 27.0. The molecular weight excluding hydrogens is 435 g/mol. The van der Waals surface area contributed by atoms with E-state index < -0.39 is 0 Å². The highest BCUT2D eigenvalue weighted by Gasteiger charge is 2.23. The smallest absolute Gasteiger partial charge is 0.306 e. The number of methoxy groups -OCH3 is 1. The summed E-state index contributed by atoms with van der Waals surface area (Å²) >= 11 is 0. The van der Waals surface area contributed by atoms with E-state index in [0.717, 1.165) is 49.0 Å². The van der Waals surface area contributed by atoms with Gasteiger partial charge in [-0.05, 0) is 60.5 Å². The van der Waals surface area contributed by atoms with Gasteiger partial charge >= 0.3 is 5.97 Å². The molecule has 0 radical (unpaired) electrons. The van der Waals surface area contributed by atoms with Gasteiger partial charge in [-0.2, -0.15) is 0 Å². The molecule has 1 atom stereocenters. The second-order valence-electron chi connectivity index (χ2n) is 7.45. The van der Waals surface area contributed by atoms with Crippen LogP contribution in [0.25, 0.3) is 0 Å². The first-order chi connectivity index (χ1) is 14.1. The molecule has 1 aliphatic heterocycles. The van der Waals surface area contributed by atoms with E-state index in [0.29, 0.717) is 12.5 Å². The minimum Gasteiger partial charge on any atom is -0.478 e. The van der Waals surface area contributed by atoms with Crippen molar-refractivity contribution >= 4 is 30.8 Å². The number of nitrogens with zero attached hydrogens (tertiary/aromatic N) is 1. The van der Waals surface area contributed by atoms with E-state index in [4.69, 9.17) is 9.47 Å². The van der Waals surface area contributed by atoms with Crippen molar-refractivity contribution in [2.24, 2.45) is 0 Å². The van der Waals surface area contributed by atoms with Crippen LogP contribution in [0.15, 0.2) is 43.1 Å². The highest BCUT2D eigenvalue weighted by molar-refractivity contribution is 5.85. The molecule has 2 aromatic rings. The molecule has 0 bridgehead atoms. The second kappa shape index (κ2) is 13.4. The van der Waals surface area contributed by atoms with Crippen molar-refractivity contribution < 1.29 is 14.3 Å². The summed E-state index contributed by atoms with van der Waals surface area (Å²) in [5.74, 6) is 0.286. The standard InChI is InChI=1S/C24H30N2O3.2ClH/c1-4-5-6-11-29-23-12-17(2)22(16-26-23)21(14-24(27)28-3)19-8-7-18-9-10-25-15-20(18)13-19;;/h4,7-8,12-13,16,21,25H,1,5-6,9-11,14-15H2,2-3H3;2*1H. The van der Waals surface area contributed by atoms with Gasteiger partial charge in [-0.1, -0.05) is 24.3 Å². The number of aryl methyl sites for hydroxylation is 1. The topological polar surface area (TPSA) is 60.5 Å². The number of nitrogens with one attached hydrogen (secondary N) is 1. The van der Waals surface area contributed by atoms with Crippen molar-refractivity contribution in [2.45, 2.75) is 45.1 Å². The molecule has 1 aromatic heterocycles. The van der Waals surface area contributed by atoms with E-state index in [1.54, 1.807) is 0 Å². The van der Waals surface area contributed by atoms with Gasteiger partial charge in [0.05, 0.1) is 20.1 Å². The third kappa shape index (κ3) is 7.23. The minimum atomic E-state index is -0.227. The lowest BCUT2D eigenvalue weighted by molar-refractivity contribution is -0.140. The normalized spacial score (nSPS) is 13.1. The minimum absolute atomic E-state index is 0. The summed E-state index contributed by atoms with van der Waals surface area (Å²) in [6.45, 7) is 8.25. The highest BCUT2D eigenvalue weighted by Crippen LogP contribution is 2.33. The molecule has 1 N–H and O–H groups in total. The summed E-state index contributed by atoms with van der Waals surface area (Å²) in [6.07, 6.45) is 6.88. The fourth-order valence-corrected chi connectivity index (χ4v) is 3.76. The van der Waals surface area contributed by atoms with E-state index in [1.807, 2.05) is 25.3 Å². The molecule has 0 aliphatic carbocycles. The first-order valence-corrected chi connectivity index (χ1v) is 10.2. The van der Waals surface area contributed by atoms with E-state index in [9.17, 15) is 4.79 Å². The van der Waals surface area contributed by atoms with E-state index in [2.05, 4.69) is 35.1 Å². The van der Waals surface area contributed by atoms with E-state index >= 15 is 0 Å². The summed E-state index contributed by atoms with van der Waals surface area (Å²) in [6, 6.07) is 8.49. The number of unbranched alkanes of at least 4 members (excludes halogenated alkanes) is 1. The lowest BCUT2D eigenvalue weighted by atomic mass is 9.85. The van der Waals surface area contributed by atoms with Crippen LogP contribution in [0.1, 0.15) is 53.0 Å². The zero-order valence-corrected chi connectivity index (χ0v) is 19.8. The van der Waals surface area contributed by atoms with Crippen molar-refractivity contribution in [3.63, 3.8) is 0 Å². The van der Waals surface area contributed by atoms with Crippen LogP contribution < -0.4 is 10.1 Å². The Morgan fingerprint density at radius 1 is 1.29 bits per heavy atom. The van der Waals surface area contributed by atoms with Gasteiger partial charge in [0.15, 0.2) is 0 Å². The SMILES string of the molecule is C=CCCCOc1cc(C)c(C(CC(=O)OC)c2ccc3c(c2)CNCC3)cn1.Cl.Cl. The molecule has 0 saturated carbocycles. The Bertz CT molecular complexity index is 874. The molecule has 0 saturated heterocycles. The Hall–Kier alpha value is -2.08. The third-order valence-electron chi connectivity index (χ3n) is 5.42. The molecule has 2 heterocycles. The van der Waals surface area contributed by atoms with Crippen LogP contribution in [0.3, 0.4) is 0 Å². The van der Waals surface area contributed by atoms with Gasteiger partial charge in [-0.25, -0.2) is 4.98 Å². The maximum atomic E-state index is 12.2. The zero-order valence-electron chi connectivity index (χ0n) is 18.2. The van der Waals surface area contributed by atoms with Gasteiger partial charge in [0.2, 0.25) is 5.88 Å². The number of rotatable bonds is 9. The quantitative estimate of drug-likeness (QED) is 0.322. The van der Waals surface area contributed by atoms with Crippen LogP contribution in [-0.4, -0.2) is 31.2 Å². The van der Waals surface area contributed by atoms with Crippen LogP contribution >= 0.6 is 24.8 Å². The Kier molecular flexibility index (Phi) is 11.6. The van der Waals surface area contributed by atoms with Gasteiger partial charge in [0, 0.05) is 24.7 Å². The average molecular weight is 467 g/mol. The number of esters is 1. The number of fused-ring (bicyclic) bond motifs is 1. The lowest BCUT2D eigenvalue weighted by Crippen LogP contribution is -2.24. The van der Waals surface area contributed by atoms with Crippen LogP contribution in [0.5, 0.6) is 5.88 Å². The van der Waals surface area contributed by atoms with Crippen molar-refractivity contribution in [3.8, 4) is 5.88 Å². The van der Waals surface area contributed by atoms with Crippen LogP contribution in [0.2, 0.25) is 0 Å². The molecular formula is C24H32Cl2N2O3. The van der Waals surface area contributed by atoms with E-state index in [1.165, 1.54) is 18.2 Å². The number of pyridine rings is 1. The number of carbonyl (C=O) groups is 1. The van der Waals surface area contributed by atoms with Crippen LogP contribution in [-0.2, 0) is 22.5 Å². The lowest BCUT2D eigenvalue weighted by Gasteiger charge is -2.23. The largest absolute Gasteiger partial charge is 0.478 e. The predicted molar refractivity (Wildman–Crippen MR) is 129 cm³/mol. The van der Waals surface area contributed by atoms with Crippen LogP contribution in [0.4, 0.5) is 0 Å². The second-order valence-corrected chi connectivity index (χ2v) is 7.45. The summed E-state index contributed by atoms with van der Waals surface area (Å²) in [4.78, 5) is 16.6. The van der Waals surface area contributed by atoms with Gasteiger partial charge in [0.25, 0.3) is 0 Å². The molecule has 0 fully saturated rings. The fourth-order valence-electron chi connectivity index (χ4n) is 3.76. The number of aromatic nitrogens is 1. The summed E-state index contributed by atoms with van der Waals surface area (Å²) in [5.41, 5.74) is 5.88. The predicted octanol–water partition coefficient (Wildman–Crippen LogP) is 4.92. The molecule has 0 amide bonds. The monoisotopic (exact) mass is 466 g/mol. The molecule has 7 heteroatoms. The maximum absolute atomic E-state index is 12.2. The molecule has 31 heavy (non-hydrogen) atoms. The Labute approximate surface area is 197 Å². The first-order valence-electron chi connectivity index (χ1n) is 10.2. The Morgan fingerprint density at radius 2 is 2.10 bits per heavy atom. The van der Waals surface area contributed by atoms with Gasteiger partial charge in [0.1, 0.15) is 0 Å². The number of hydrogen-bond donors (Lipinski definition) is 1. The highest BCUT2D eigenvalue weighted by atomic mass is 35.5. The summed E-state index contributed by atoms with van der Waals surface area (Å²) in [5, 5.41) is 3.42. The number of hydrogen-bond acceptors (Lipinski definition) is 5. The zero-order chi connectivity index (χ0) is 20.6. The van der Waals surface area contributed by atoms with Gasteiger partial charge in [-0.3, -0.25) is 4.79 Å². The van der Waals surface area contributed by atoms with Crippen molar-refractivity contribution in [1.29, 1.82) is 0 Å². The number of allylic oxidation sites excluding steroid dienone is 1. The van der Waals surface area contributed by atoms with Crippen molar-refractivity contribution in [1.82, 2.24) is 10.3 Å². The molecule has 0 spiro atoms. The molecule has 3 rings (SSSR count). The number of ether oxygens (including phenoxy) is 2. The Morgan fingerprint density at radius 3 is 2.81 bits per heavy atom. The van der Waals surface area contributed by atoms with Gasteiger partial charge < -0.3 is 14.8 Å². The number of carbonyl (C=O) groups excluding carboxylic acids is 1. The van der Waals surface area contributed by atoms with Crippen molar-refractivity contribution in [3.05, 3.63) is 70.9 Å². The van der Waals surface area contributed by atoms with Crippen LogP contribution in [0, 0.1) is 6.92 Å². The van der Waals surface area contributed by atoms with Crippen molar-refractivity contribution in [2.75, 3.05) is 20.3 Å². The number of halogens is 2. The maximum Gasteiger partial charge on any atom is 0.306 e. The average Bonchev–Trinajstić information content (AvgIpc) is 2.75. The Balaban J connectivity index is 0.00000240. The molecule has 5 nitrogen and oxygen atoms in total. The molecule has 1 aliphatic rings. The molecule has 170 valence electrons. The third-order valence-corrected chi connectivity index (χ3v) is 5.42. The summed E-state index contributed by atoms with van der Waals surface area (Å²) in [7, 11) is 1.43. The molecule has 1 unspecified atom stereocenters. The number of benzene rings is 1.